The predicted octanol–water partition coefficient (Wildman–Crippen LogP) is 1.81. The van der Waals surface area contributed by atoms with Crippen molar-refractivity contribution in [2.75, 3.05) is 18.5 Å². The van der Waals surface area contributed by atoms with Crippen LogP contribution in [0.3, 0.4) is 0 Å². The summed E-state index contributed by atoms with van der Waals surface area (Å²) in [6.45, 7) is 1.11. The Labute approximate surface area is 145 Å². The van der Waals surface area contributed by atoms with E-state index in [1.807, 2.05) is 6.07 Å². The van der Waals surface area contributed by atoms with Gasteiger partial charge >= 0.3 is 0 Å². The zero-order chi connectivity index (χ0) is 16.7. The first-order valence-corrected chi connectivity index (χ1v) is 7.99. The van der Waals surface area contributed by atoms with E-state index < -0.39 is 11.9 Å². The molecule has 122 valence electrons. The smallest absolute Gasteiger partial charge is 0.257 e. The molecule has 2 atom stereocenters. The topological polar surface area (TPSA) is 86.2 Å². The maximum absolute atomic E-state index is 12.0. The molecule has 1 amide bonds. The van der Waals surface area contributed by atoms with E-state index in [0.717, 1.165) is 12.8 Å². The van der Waals surface area contributed by atoms with Crippen molar-refractivity contribution in [1.29, 1.82) is 5.26 Å². The number of nitriles is 1. The minimum atomic E-state index is -1.08. The molecule has 0 aromatic heterocycles. The Morgan fingerprint density at radius 3 is 2.96 bits per heavy atom. The van der Waals surface area contributed by atoms with Crippen molar-refractivity contribution in [1.82, 2.24) is 10.6 Å². The first-order chi connectivity index (χ1) is 11.1. The van der Waals surface area contributed by atoms with E-state index in [1.165, 1.54) is 0 Å². The molecule has 1 aromatic rings. The first kappa shape index (κ1) is 17.5. The van der Waals surface area contributed by atoms with E-state index in [0.29, 0.717) is 23.9 Å². The molecule has 6 nitrogen and oxygen atoms in total. The summed E-state index contributed by atoms with van der Waals surface area (Å²) in [6.07, 6.45) is 1.93. The number of nitrogens with zero attached hydrogens (tertiary/aromatic N) is 1. The number of para-hydroxylation sites is 1. The van der Waals surface area contributed by atoms with Crippen LogP contribution in [0.1, 0.15) is 12.8 Å². The lowest BCUT2D eigenvalue weighted by molar-refractivity contribution is -0.122. The number of amides is 1. The molecule has 1 heterocycles. The molecule has 1 aliphatic rings. The summed E-state index contributed by atoms with van der Waals surface area (Å²) in [7, 11) is 0. The fourth-order valence-electron chi connectivity index (χ4n) is 2.13. The lowest BCUT2D eigenvalue weighted by Gasteiger charge is -2.17. The number of carbonyl (C=O) groups is 1. The fraction of sp³-hybridized carbons (Fsp3) is 0.400. The Morgan fingerprint density at radius 1 is 1.52 bits per heavy atom. The number of ether oxygens (including phenoxy) is 1. The molecule has 0 spiro atoms. The molecule has 8 heteroatoms. The van der Waals surface area contributed by atoms with Crippen molar-refractivity contribution in [2.45, 2.75) is 25.0 Å². The number of thiocarbonyl (C=S) groups is 1. The van der Waals surface area contributed by atoms with Gasteiger partial charge in [-0.05, 0) is 37.2 Å². The van der Waals surface area contributed by atoms with Gasteiger partial charge in [0.2, 0.25) is 0 Å². The number of halogens is 1. The maximum Gasteiger partial charge on any atom is 0.257 e. The Balaban J connectivity index is 1.83. The third-order valence-corrected chi connectivity index (χ3v) is 3.87. The van der Waals surface area contributed by atoms with E-state index in [4.69, 9.17) is 33.8 Å². The third-order valence-electron chi connectivity index (χ3n) is 3.32. The Morgan fingerprint density at radius 2 is 2.30 bits per heavy atom. The molecule has 1 aliphatic heterocycles. The van der Waals surface area contributed by atoms with Crippen LogP contribution in [-0.4, -0.2) is 36.3 Å². The predicted molar refractivity (Wildman–Crippen MR) is 92.2 cm³/mol. The SMILES string of the molecule is N#CC(NC(=S)Nc1ccccc1Cl)C(=O)NCC1CCCO1. The number of hydrogen-bond acceptors (Lipinski definition) is 4. The number of nitrogens with one attached hydrogen (secondary N) is 3. The largest absolute Gasteiger partial charge is 0.376 e. The van der Waals surface area contributed by atoms with Gasteiger partial charge in [-0.15, -0.1) is 0 Å². The number of hydrogen-bond donors (Lipinski definition) is 3. The summed E-state index contributed by atoms with van der Waals surface area (Å²) in [5.74, 6) is -0.439. The zero-order valence-electron chi connectivity index (χ0n) is 12.3. The van der Waals surface area contributed by atoms with E-state index in [1.54, 1.807) is 24.3 Å². The molecule has 0 bridgehead atoms. The minimum Gasteiger partial charge on any atom is -0.376 e. The van der Waals surface area contributed by atoms with E-state index in [-0.39, 0.29) is 11.2 Å². The van der Waals surface area contributed by atoms with Gasteiger partial charge in [-0.25, -0.2) is 0 Å². The average molecular weight is 353 g/mol. The van der Waals surface area contributed by atoms with Crippen molar-refractivity contribution < 1.29 is 9.53 Å². The van der Waals surface area contributed by atoms with Gasteiger partial charge < -0.3 is 20.7 Å². The van der Waals surface area contributed by atoms with Crippen LogP contribution < -0.4 is 16.0 Å². The quantitative estimate of drug-likeness (QED) is 0.701. The van der Waals surface area contributed by atoms with E-state index >= 15 is 0 Å². The summed E-state index contributed by atoms with van der Waals surface area (Å²) < 4.78 is 5.42. The summed E-state index contributed by atoms with van der Waals surface area (Å²) in [5.41, 5.74) is 0.600. The molecule has 0 aliphatic carbocycles. The molecule has 0 radical (unpaired) electrons. The van der Waals surface area contributed by atoms with Crippen molar-refractivity contribution in [3.05, 3.63) is 29.3 Å². The van der Waals surface area contributed by atoms with Crippen LogP contribution in [-0.2, 0) is 9.53 Å². The average Bonchev–Trinajstić information content (AvgIpc) is 3.06. The van der Waals surface area contributed by atoms with Gasteiger partial charge in [0, 0.05) is 13.2 Å². The molecule has 1 aromatic carbocycles. The van der Waals surface area contributed by atoms with Crippen LogP contribution in [0.4, 0.5) is 5.69 Å². The highest BCUT2D eigenvalue weighted by Gasteiger charge is 2.21. The van der Waals surface area contributed by atoms with Gasteiger partial charge in [0.1, 0.15) is 0 Å². The van der Waals surface area contributed by atoms with Crippen molar-refractivity contribution in [2.24, 2.45) is 0 Å². The molecule has 0 saturated carbocycles. The van der Waals surface area contributed by atoms with Crippen molar-refractivity contribution in [3.63, 3.8) is 0 Å². The molecule has 3 N–H and O–H groups in total. The second-order valence-electron chi connectivity index (χ2n) is 5.02. The summed E-state index contributed by atoms with van der Waals surface area (Å²) in [4.78, 5) is 12.0. The van der Waals surface area contributed by atoms with Gasteiger partial charge in [0.25, 0.3) is 5.91 Å². The third kappa shape index (κ3) is 5.36. The van der Waals surface area contributed by atoms with Crippen LogP contribution in [0.2, 0.25) is 5.02 Å². The maximum atomic E-state index is 12.0. The number of carbonyl (C=O) groups excluding carboxylic acids is 1. The molecule has 1 saturated heterocycles. The fourth-order valence-corrected chi connectivity index (χ4v) is 2.54. The molecule has 2 rings (SSSR count). The lowest BCUT2D eigenvalue weighted by atomic mass is 10.2. The second-order valence-corrected chi connectivity index (χ2v) is 5.84. The van der Waals surface area contributed by atoms with E-state index in [2.05, 4.69) is 16.0 Å². The highest BCUT2D eigenvalue weighted by molar-refractivity contribution is 7.80. The normalized spacial score (nSPS) is 17.8. The van der Waals surface area contributed by atoms with Crippen molar-refractivity contribution in [3.8, 4) is 6.07 Å². The first-order valence-electron chi connectivity index (χ1n) is 7.21. The molecular weight excluding hydrogens is 336 g/mol. The second kappa shape index (κ2) is 8.67. The van der Waals surface area contributed by atoms with Gasteiger partial charge in [-0.2, -0.15) is 5.26 Å². The van der Waals surface area contributed by atoms with Crippen LogP contribution in [0.25, 0.3) is 0 Å². The Hall–Kier alpha value is -1.88. The van der Waals surface area contributed by atoms with Gasteiger partial charge in [-0.3, -0.25) is 4.79 Å². The number of benzene rings is 1. The van der Waals surface area contributed by atoms with Gasteiger partial charge in [0.15, 0.2) is 11.2 Å². The Kier molecular flexibility index (Phi) is 6.59. The van der Waals surface area contributed by atoms with Crippen LogP contribution >= 0.6 is 23.8 Å². The summed E-state index contributed by atoms with van der Waals surface area (Å²) in [6, 6.07) is 7.85. The highest BCUT2D eigenvalue weighted by Crippen LogP contribution is 2.20. The molecule has 2 unspecified atom stereocenters. The minimum absolute atomic E-state index is 0.0199. The van der Waals surface area contributed by atoms with Gasteiger partial charge in [-0.1, -0.05) is 23.7 Å². The number of rotatable bonds is 5. The van der Waals surface area contributed by atoms with Crippen LogP contribution in [0.15, 0.2) is 24.3 Å². The standard InChI is InChI=1S/C15H17ClN4O2S/c16-11-5-1-2-6-12(11)19-15(23)20-13(8-17)14(21)18-9-10-4-3-7-22-10/h1-2,5-6,10,13H,3-4,7,9H2,(H,18,21)(H2,19,20,23). The van der Waals surface area contributed by atoms with Gasteiger partial charge in [0.05, 0.1) is 22.9 Å². The highest BCUT2D eigenvalue weighted by atomic mass is 35.5. The summed E-state index contributed by atoms with van der Waals surface area (Å²) >= 11 is 11.1. The Bertz CT molecular complexity index is 614. The zero-order valence-corrected chi connectivity index (χ0v) is 13.9. The van der Waals surface area contributed by atoms with Crippen LogP contribution in [0.5, 0.6) is 0 Å². The van der Waals surface area contributed by atoms with E-state index in [9.17, 15) is 4.79 Å². The lowest BCUT2D eigenvalue weighted by Crippen LogP contribution is -2.48. The summed E-state index contributed by atoms with van der Waals surface area (Å²) in [5, 5.41) is 18.0. The van der Waals surface area contributed by atoms with Crippen LogP contribution in [0, 0.1) is 11.3 Å². The molecule has 1 fully saturated rings. The number of anilines is 1. The van der Waals surface area contributed by atoms with Crippen molar-refractivity contribution >= 4 is 40.5 Å². The monoisotopic (exact) mass is 352 g/mol. The molecule has 23 heavy (non-hydrogen) atoms. The molecular formula is C15H17ClN4O2S.